The fraction of sp³-hybridized carbons (Fsp3) is 0.407. The van der Waals surface area contributed by atoms with Gasteiger partial charge in [0, 0.05) is 17.3 Å². The lowest BCUT2D eigenvalue weighted by molar-refractivity contribution is 0.240. The molecule has 0 spiro atoms. The molecule has 2 aromatic carbocycles. The molecule has 5 nitrogen and oxygen atoms in total. The van der Waals surface area contributed by atoms with Crippen molar-refractivity contribution in [2.45, 2.75) is 65.5 Å². The largest absolute Gasteiger partial charge is 0.494 e. The van der Waals surface area contributed by atoms with E-state index in [1.165, 1.54) is 24.8 Å². The van der Waals surface area contributed by atoms with Crippen LogP contribution in [0.1, 0.15) is 55.7 Å². The predicted molar refractivity (Wildman–Crippen MR) is 140 cm³/mol. The second kappa shape index (κ2) is 10.4. The molecule has 0 bridgehead atoms. The number of nitrogens with zero attached hydrogens (tertiary/aromatic N) is 1. The topological polar surface area (TPSA) is 57.4 Å². The number of fused-ring (bicyclic) bond motifs is 1. The molecular formula is C27H33N3O2S. The third kappa shape index (κ3) is 5.56. The lowest BCUT2D eigenvalue weighted by Crippen LogP contribution is -2.44. The van der Waals surface area contributed by atoms with Gasteiger partial charge >= 0.3 is 0 Å². The highest BCUT2D eigenvalue weighted by Gasteiger charge is 2.24. The van der Waals surface area contributed by atoms with E-state index in [2.05, 4.69) is 34.3 Å². The lowest BCUT2D eigenvalue weighted by atomic mass is 9.94. The van der Waals surface area contributed by atoms with E-state index >= 15 is 0 Å². The Bertz CT molecular complexity index is 1180. The minimum absolute atomic E-state index is 0.0425. The van der Waals surface area contributed by atoms with Gasteiger partial charge in [-0.3, -0.25) is 4.79 Å². The summed E-state index contributed by atoms with van der Waals surface area (Å²) >= 11 is 5.87. The van der Waals surface area contributed by atoms with Gasteiger partial charge in [-0.1, -0.05) is 30.9 Å². The molecule has 1 aliphatic rings. The van der Waals surface area contributed by atoms with Crippen LogP contribution in [0.4, 0.5) is 5.69 Å². The van der Waals surface area contributed by atoms with Crippen molar-refractivity contribution in [3.05, 3.63) is 69.5 Å². The first kappa shape index (κ1) is 23.3. The molecule has 1 fully saturated rings. The highest BCUT2D eigenvalue weighted by atomic mass is 32.1. The molecule has 4 rings (SSSR count). The first-order chi connectivity index (χ1) is 15.9. The summed E-state index contributed by atoms with van der Waals surface area (Å²) in [4.78, 5) is 18.3. The SMILES string of the molecule is CCOc1ccc(NC(=S)N(Cc2cc3cc(C)cc(C)c3[nH]c2=O)C2CCCCC2)cc1. The van der Waals surface area contributed by atoms with Crippen LogP contribution < -0.4 is 15.6 Å². The molecule has 6 heteroatoms. The van der Waals surface area contributed by atoms with Crippen LogP contribution in [0.25, 0.3) is 10.9 Å². The van der Waals surface area contributed by atoms with E-state index in [0.717, 1.165) is 46.3 Å². The molecule has 0 radical (unpaired) electrons. The molecule has 0 amide bonds. The van der Waals surface area contributed by atoms with Crippen LogP contribution in [0, 0.1) is 13.8 Å². The van der Waals surface area contributed by atoms with Crippen molar-refractivity contribution in [2.75, 3.05) is 11.9 Å². The number of H-pyrrole nitrogens is 1. The quantitative estimate of drug-likeness (QED) is 0.434. The third-order valence-corrected chi connectivity index (χ3v) is 6.74. The average Bonchev–Trinajstić information content (AvgIpc) is 2.80. The maximum absolute atomic E-state index is 13.0. The smallest absolute Gasteiger partial charge is 0.253 e. The Balaban J connectivity index is 1.61. The number of hydrogen-bond acceptors (Lipinski definition) is 3. The van der Waals surface area contributed by atoms with Crippen molar-refractivity contribution in [3.8, 4) is 5.75 Å². The van der Waals surface area contributed by atoms with Gasteiger partial charge in [-0.25, -0.2) is 0 Å². The molecule has 0 atom stereocenters. The molecule has 174 valence electrons. The van der Waals surface area contributed by atoms with Crippen LogP contribution >= 0.6 is 12.2 Å². The number of aromatic amines is 1. The first-order valence-corrected chi connectivity index (χ1v) is 12.3. The normalized spacial score (nSPS) is 14.3. The van der Waals surface area contributed by atoms with Gasteiger partial charge in [-0.15, -0.1) is 0 Å². The standard InChI is InChI=1S/C27H33N3O2S/c1-4-32-24-12-10-22(11-13-24)28-27(33)30(23-8-6-5-7-9-23)17-21-16-20-15-18(2)14-19(3)25(20)29-26(21)31/h10-16,23H,4-9,17H2,1-3H3,(H,28,33)(H,29,31). The molecule has 3 aromatic rings. The highest BCUT2D eigenvalue weighted by Crippen LogP contribution is 2.26. The second-order valence-electron chi connectivity index (χ2n) is 8.98. The number of aromatic nitrogens is 1. The van der Waals surface area contributed by atoms with Crippen molar-refractivity contribution < 1.29 is 4.74 Å². The van der Waals surface area contributed by atoms with E-state index < -0.39 is 0 Å². The molecule has 1 aliphatic carbocycles. The van der Waals surface area contributed by atoms with Crippen LogP contribution in [0.15, 0.2) is 47.3 Å². The number of benzene rings is 2. The van der Waals surface area contributed by atoms with E-state index in [1.54, 1.807) is 0 Å². The number of anilines is 1. The van der Waals surface area contributed by atoms with E-state index in [9.17, 15) is 4.79 Å². The zero-order valence-corrected chi connectivity index (χ0v) is 20.6. The predicted octanol–water partition coefficient (Wildman–Crippen LogP) is 6.08. The van der Waals surface area contributed by atoms with Crippen molar-refractivity contribution in [3.63, 3.8) is 0 Å². The van der Waals surface area contributed by atoms with Gasteiger partial charge in [0.05, 0.1) is 18.7 Å². The van der Waals surface area contributed by atoms with Crippen molar-refractivity contribution in [1.29, 1.82) is 0 Å². The third-order valence-electron chi connectivity index (χ3n) is 6.40. The van der Waals surface area contributed by atoms with Crippen molar-refractivity contribution in [2.24, 2.45) is 0 Å². The molecule has 0 unspecified atom stereocenters. The molecule has 0 saturated heterocycles. The number of rotatable bonds is 6. The first-order valence-electron chi connectivity index (χ1n) is 11.9. The van der Waals surface area contributed by atoms with E-state index in [1.807, 2.05) is 44.2 Å². The van der Waals surface area contributed by atoms with E-state index in [0.29, 0.717) is 24.3 Å². The fourth-order valence-electron chi connectivity index (χ4n) is 4.79. The van der Waals surface area contributed by atoms with Gasteiger partial charge in [0.25, 0.3) is 5.56 Å². The summed E-state index contributed by atoms with van der Waals surface area (Å²) in [6.45, 7) is 7.23. The zero-order chi connectivity index (χ0) is 23.4. The maximum Gasteiger partial charge on any atom is 0.253 e. The van der Waals surface area contributed by atoms with Crippen molar-refractivity contribution >= 4 is 33.9 Å². The summed E-state index contributed by atoms with van der Waals surface area (Å²) in [6.07, 6.45) is 5.83. The van der Waals surface area contributed by atoms with Crippen LogP contribution in [-0.4, -0.2) is 27.6 Å². The Labute approximate surface area is 201 Å². The lowest BCUT2D eigenvalue weighted by Gasteiger charge is -2.36. The van der Waals surface area contributed by atoms with Crippen LogP contribution in [0.3, 0.4) is 0 Å². The Morgan fingerprint density at radius 3 is 2.55 bits per heavy atom. The molecule has 1 heterocycles. The number of nitrogens with one attached hydrogen (secondary N) is 2. The fourth-order valence-corrected chi connectivity index (χ4v) is 5.12. The zero-order valence-electron chi connectivity index (χ0n) is 19.7. The summed E-state index contributed by atoms with van der Waals surface area (Å²) < 4.78 is 5.54. The molecule has 1 aromatic heterocycles. The van der Waals surface area contributed by atoms with Crippen LogP contribution in [-0.2, 0) is 6.54 Å². The summed E-state index contributed by atoms with van der Waals surface area (Å²) in [5, 5.41) is 5.12. The monoisotopic (exact) mass is 463 g/mol. The van der Waals surface area contributed by atoms with E-state index in [-0.39, 0.29) is 5.56 Å². The van der Waals surface area contributed by atoms with Gasteiger partial charge in [-0.05, 0) is 93.2 Å². The molecule has 33 heavy (non-hydrogen) atoms. The van der Waals surface area contributed by atoms with Crippen LogP contribution in [0.2, 0.25) is 0 Å². The minimum atomic E-state index is -0.0425. The average molecular weight is 464 g/mol. The van der Waals surface area contributed by atoms with Gasteiger partial charge in [-0.2, -0.15) is 0 Å². The second-order valence-corrected chi connectivity index (χ2v) is 9.36. The number of ether oxygens (including phenoxy) is 1. The molecule has 1 saturated carbocycles. The van der Waals surface area contributed by atoms with E-state index in [4.69, 9.17) is 17.0 Å². The molecule has 0 aliphatic heterocycles. The Morgan fingerprint density at radius 2 is 1.85 bits per heavy atom. The van der Waals surface area contributed by atoms with Gasteiger partial charge in [0.15, 0.2) is 5.11 Å². The molecular weight excluding hydrogens is 430 g/mol. The van der Waals surface area contributed by atoms with Gasteiger partial charge in [0.2, 0.25) is 0 Å². The van der Waals surface area contributed by atoms with Gasteiger partial charge in [0.1, 0.15) is 5.75 Å². The maximum atomic E-state index is 13.0. The summed E-state index contributed by atoms with van der Waals surface area (Å²) in [5.41, 5.74) is 4.81. The number of pyridine rings is 1. The van der Waals surface area contributed by atoms with Gasteiger partial charge < -0.3 is 19.9 Å². The minimum Gasteiger partial charge on any atom is -0.494 e. The molecule has 2 N–H and O–H groups in total. The number of hydrogen-bond donors (Lipinski definition) is 2. The summed E-state index contributed by atoms with van der Waals surface area (Å²) in [7, 11) is 0. The van der Waals surface area contributed by atoms with Crippen molar-refractivity contribution in [1.82, 2.24) is 9.88 Å². The Kier molecular flexibility index (Phi) is 7.33. The van der Waals surface area contributed by atoms with Crippen LogP contribution in [0.5, 0.6) is 5.75 Å². The summed E-state index contributed by atoms with van der Waals surface area (Å²) in [6, 6.07) is 14.4. The number of aryl methyl sites for hydroxylation is 2. The number of thiocarbonyl (C=S) groups is 1. The summed E-state index contributed by atoms with van der Waals surface area (Å²) in [5.74, 6) is 0.839. The Morgan fingerprint density at radius 1 is 1.12 bits per heavy atom. The highest BCUT2D eigenvalue weighted by molar-refractivity contribution is 7.80. The Hall–Kier alpha value is -2.86.